The van der Waals surface area contributed by atoms with Crippen LogP contribution in [0.5, 0.6) is 0 Å². The minimum absolute atomic E-state index is 0.0539. The van der Waals surface area contributed by atoms with E-state index in [9.17, 15) is 24.8 Å². The van der Waals surface area contributed by atoms with Crippen LogP contribution in [0.15, 0.2) is 18.2 Å². The largest absolute Gasteiger partial charge is 0.464 e. The monoisotopic (exact) mass is 281 g/mol. The summed E-state index contributed by atoms with van der Waals surface area (Å²) in [4.78, 5) is 33.1. The molecule has 20 heavy (non-hydrogen) atoms. The number of aliphatic hydroxyl groups is 1. The fourth-order valence-corrected chi connectivity index (χ4v) is 1.91. The number of esters is 2. The van der Waals surface area contributed by atoms with Crippen molar-refractivity contribution in [2.24, 2.45) is 0 Å². The Balaban J connectivity index is 2.37. The van der Waals surface area contributed by atoms with Crippen LogP contribution in [0, 0.1) is 10.1 Å². The lowest BCUT2D eigenvalue weighted by Crippen LogP contribution is -2.30. The highest BCUT2D eigenvalue weighted by Crippen LogP contribution is 2.35. The molecular weight excluding hydrogens is 270 g/mol. The summed E-state index contributed by atoms with van der Waals surface area (Å²) in [5.74, 6) is -1.70. The zero-order valence-corrected chi connectivity index (χ0v) is 10.4. The molecule has 1 N–H and O–H groups in total. The summed E-state index contributed by atoms with van der Waals surface area (Å²) in [6.07, 6.45) is -3.02. The molecule has 0 unspecified atom stereocenters. The van der Waals surface area contributed by atoms with E-state index in [0.29, 0.717) is 0 Å². The highest BCUT2D eigenvalue weighted by atomic mass is 16.6. The number of hydrogen-bond donors (Lipinski definition) is 1. The zero-order valence-electron chi connectivity index (χ0n) is 10.4. The van der Waals surface area contributed by atoms with Crippen LogP contribution in [0.4, 0.5) is 5.69 Å². The average molecular weight is 281 g/mol. The zero-order chi connectivity index (χ0) is 14.9. The van der Waals surface area contributed by atoms with Crippen molar-refractivity contribution in [2.75, 3.05) is 6.61 Å². The first-order chi connectivity index (χ1) is 9.45. The molecule has 1 aliphatic heterocycles. The van der Waals surface area contributed by atoms with E-state index >= 15 is 0 Å². The van der Waals surface area contributed by atoms with Crippen molar-refractivity contribution in [3.8, 4) is 0 Å². The van der Waals surface area contributed by atoms with E-state index in [0.717, 1.165) is 12.1 Å². The van der Waals surface area contributed by atoms with Gasteiger partial charge in [-0.2, -0.15) is 0 Å². The Hall–Kier alpha value is -2.48. The number of rotatable bonds is 4. The number of cyclic esters (lactones) is 1. The number of nitro groups is 1. The molecule has 1 heterocycles. The highest BCUT2D eigenvalue weighted by Gasteiger charge is 2.41. The number of aliphatic hydroxyl groups excluding tert-OH is 1. The van der Waals surface area contributed by atoms with Gasteiger partial charge in [0.05, 0.1) is 17.1 Å². The van der Waals surface area contributed by atoms with Gasteiger partial charge in [0.1, 0.15) is 0 Å². The van der Waals surface area contributed by atoms with E-state index in [4.69, 9.17) is 4.74 Å². The quantitative estimate of drug-likeness (QED) is 0.491. The maximum absolute atomic E-state index is 11.6. The van der Waals surface area contributed by atoms with Crippen LogP contribution in [0.1, 0.15) is 28.9 Å². The molecule has 0 aliphatic carbocycles. The second-order valence-electron chi connectivity index (χ2n) is 4.05. The molecule has 0 radical (unpaired) electrons. The minimum Gasteiger partial charge on any atom is -0.464 e. The van der Waals surface area contributed by atoms with Gasteiger partial charge < -0.3 is 14.6 Å². The van der Waals surface area contributed by atoms with Crippen LogP contribution < -0.4 is 0 Å². The lowest BCUT2D eigenvalue weighted by molar-refractivity contribution is -0.385. The molecule has 0 spiro atoms. The molecule has 0 aromatic heterocycles. The predicted octanol–water partition coefficient (Wildman–Crippen LogP) is 0.730. The van der Waals surface area contributed by atoms with Gasteiger partial charge in [-0.1, -0.05) is 0 Å². The van der Waals surface area contributed by atoms with Crippen LogP contribution in [-0.4, -0.2) is 34.7 Å². The first-order valence-electron chi connectivity index (χ1n) is 5.79. The number of carbonyl (C=O) groups excluding carboxylic acids is 2. The van der Waals surface area contributed by atoms with E-state index in [1.165, 1.54) is 6.07 Å². The fourth-order valence-electron chi connectivity index (χ4n) is 1.91. The van der Waals surface area contributed by atoms with Crippen molar-refractivity contribution in [3.05, 3.63) is 39.4 Å². The van der Waals surface area contributed by atoms with Crippen LogP contribution in [0.3, 0.4) is 0 Å². The Morgan fingerprint density at radius 1 is 1.60 bits per heavy atom. The number of nitrogens with zero attached hydrogens (tertiary/aromatic N) is 1. The van der Waals surface area contributed by atoms with Crippen molar-refractivity contribution in [2.45, 2.75) is 19.1 Å². The van der Waals surface area contributed by atoms with Crippen LogP contribution in [-0.2, 0) is 14.3 Å². The number of non-ortho nitro benzene ring substituents is 1. The van der Waals surface area contributed by atoms with Crippen molar-refractivity contribution < 1.29 is 29.1 Å². The topological polar surface area (TPSA) is 116 Å². The molecule has 2 rings (SSSR count). The average Bonchev–Trinajstić information content (AvgIpc) is 2.75. The fraction of sp³-hybridized carbons (Fsp3) is 0.333. The van der Waals surface area contributed by atoms with Crippen molar-refractivity contribution in [3.63, 3.8) is 0 Å². The molecule has 8 nitrogen and oxygen atoms in total. The molecular formula is C12H11NO7. The summed E-state index contributed by atoms with van der Waals surface area (Å²) < 4.78 is 9.51. The third kappa shape index (κ3) is 2.32. The highest BCUT2D eigenvalue weighted by molar-refractivity contribution is 5.95. The first-order valence-corrected chi connectivity index (χ1v) is 5.79. The minimum atomic E-state index is -1.72. The SMILES string of the molecule is CCOC(=O)[C@@H](O)[C@@H]1OC(=O)c2ccc([N+](=O)[O-])cc21. The maximum Gasteiger partial charge on any atom is 0.339 e. The lowest BCUT2D eigenvalue weighted by atomic mass is 10.0. The molecule has 0 bridgehead atoms. The van der Waals surface area contributed by atoms with Gasteiger partial charge in [0.15, 0.2) is 12.2 Å². The standard InChI is InChI=1S/C12H11NO7/c1-2-19-12(16)9(14)10-8-5-6(13(17)18)3-4-7(8)11(15)20-10/h3-5,9-10,14H,2H2,1H3/t9-,10+/m0/s1. The second kappa shape index (κ2) is 5.25. The normalized spacial score (nSPS) is 18.1. The van der Waals surface area contributed by atoms with Gasteiger partial charge >= 0.3 is 11.9 Å². The Bertz CT molecular complexity index is 583. The summed E-state index contributed by atoms with van der Waals surface area (Å²) in [5, 5.41) is 20.5. The molecule has 0 saturated heterocycles. The summed E-state index contributed by atoms with van der Waals surface area (Å²) >= 11 is 0. The molecule has 8 heteroatoms. The van der Waals surface area contributed by atoms with E-state index in [1.807, 2.05) is 0 Å². The molecule has 106 valence electrons. The lowest BCUT2D eigenvalue weighted by Gasteiger charge is -2.16. The van der Waals surface area contributed by atoms with E-state index < -0.39 is 29.1 Å². The van der Waals surface area contributed by atoms with Crippen LogP contribution in [0.25, 0.3) is 0 Å². The van der Waals surface area contributed by atoms with E-state index in [1.54, 1.807) is 6.92 Å². The van der Waals surface area contributed by atoms with Gasteiger partial charge in [-0.15, -0.1) is 0 Å². The number of carbonyl (C=O) groups is 2. The third-order valence-corrected chi connectivity index (χ3v) is 2.82. The van der Waals surface area contributed by atoms with Gasteiger partial charge in [-0.25, -0.2) is 9.59 Å². The molecule has 1 aromatic rings. The molecule has 0 amide bonds. The molecule has 2 atom stereocenters. The van der Waals surface area contributed by atoms with Gasteiger partial charge in [0, 0.05) is 17.7 Å². The number of hydrogen-bond acceptors (Lipinski definition) is 7. The van der Waals surface area contributed by atoms with Crippen LogP contribution in [0.2, 0.25) is 0 Å². The number of nitro benzene ring substituents is 1. The van der Waals surface area contributed by atoms with Crippen molar-refractivity contribution >= 4 is 17.6 Å². The first kappa shape index (κ1) is 13.9. The van der Waals surface area contributed by atoms with Crippen molar-refractivity contribution in [1.29, 1.82) is 0 Å². The van der Waals surface area contributed by atoms with Crippen molar-refractivity contribution in [1.82, 2.24) is 0 Å². The van der Waals surface area contributed by atoms with Gasteiger partial charge in [0.2, 0.25) is 0 Å². The van der Waals surface area contributed by atoms with Crippen LogP contribution >= 0.6 is 0 Å². The smallest absolute Gasteiger partial charge is 0.339 e. The number of ether oxygens (including phenoxy) is 2. The summed E-state index contributed by atoms with van der Waals surface area (Å²) in [6, 6.07) is 3.49. The third-order valence-electron chi connectivity index (χ3n) is 2.82. The van der Waals surface area contributed by atoms with Gasteiger partial charge in [-0.3, -0.25) is 10.1 Å². The molecule has 0 saturated carbocycles. The van der Waals surface area contributed by atoms with E-state index in [-0.39, 0.29) is 23.4 Å². The molecule has 1 aliphatic rings. The Kier molecular flexibility index (Phi) is 3.66. The Labute approximate surface area is 113 Å². The van der Waals surface area contributed by atoms with Gasteiger partial charge in [0.25, 0.3) is 5.69 Å². The molecule has 0 fully saturated rings. The Morgan fingerprint density at radius 2 is 2.30 bits per heavy atom. The maximum atomic E-state index is 11.6. The summed E-state index contributed by atoms with van der Waals surface area (Å²) in [7, 11) is 0. The second-order valence-corrected chi connectivity index (χ2v) is 4.05. The van der Waals surface area contributed by atoms with E-state index in [2.05, 4.69) is 4.74 Å². The summed E-state index contributed by atoms with van der Waals surface area (Å²) in [6.45, 7) is 1.61. The number of benzene rings is 1. The van der Waals surface area contributed by atoms with Gasteiger partial charge in [-0.05, 0) is 13.0 Å². The molecule has 1 aromatic carbocycles. The predicted molar refractivity (Wildman–Crippen MR) is 63.9 cm³/mol. The summed E-state index contributed by atoms with van der Waals surface area (Å²) in [5.41, 5.74) is -0.0724. The Morgan fingerprint density at radius 3 is 2.90 bits per heavy atom. The number of fused-ring (bicyclic) bond motifs is 1.